The molecule has 0 bridgehead atoms. The maximum atomic E-state index is 12.2. The van der Waals surface area contributed by atoms with E-state index in [1.54, 1.807) is 23.7 Å². The monoisotopic (exact) mass is 271 g/mol. The van der Waals surface area contributed by atoms with E-state index in [1.807, 2.05) is 30.3 Å². The molecular formula is C16H17NO3. The van der Waals surface area contributed by atoms with Gasteiger partial charge in [-0.05, 0) is 24.1 Å². The highest BCUT2D eigenvalue weighted by molar-refractivity contribution is 5.95. The van der Waals surface area contributed by atoms with Crippen LogP contribution in [0.25, 0.3) is 0 Å². The molecule has 104 valence electrons. The fraction of sp³-hybridized carbons (Fsp3) is 0.250. The number of carbonyl (C=O) groups is 2. The Morgan fingerprint density at radius 2 is 1.80 bits per heavy atom. The van der Waals surface area contributed by atoms with Crippen LogP contribution < -0.4 is 0 Å². The molecule has 1 heterocycles. The molecule has 0 amide bonds. The Morgan fingerprint density at radius 1 is 1.10 bits per heavy atom. The van der Waals surface area contributed by atoms with E-state index in [0.717, 1.165) is 5.56 Å². The number of carboxylic acids is 1. The minimum atomic E-state index is -0.894. The van der Waals surface area contributed by atoms with Gasteiger partial charge in [0, 0.05) is 19.2 Å². The molecule has 0 fully saturated rings. The standard InChI is InChI=1S/C16H17NO3/c1-17-13(11-16(19)20)8-9-14(17)15(18)10-7-12-5-3-2-4-6-12/h2-6,8-9H,7,10-11H2,1H3,(H,19,20). The zero-order valence-corrected chi connectivity index (χ0v) is 11.4. The quantitative estimate of drug-likeness (QED) is 0.821. The van der Waals surface area contributed by atoms with E-state index in [-0.39, 0.29) is 12.2 Å². The number of aliphatic carboxylic acids is 1. The summed E-state index contributed by atoms with van der Waals surface area (Å²) in [6, 6.07) is 13.2. The number of aromatic nitrogens is 1. The maximum absolute atomic E-state index is 12.2. The molecule has 0 unspecified atom stereocenters. The first-order chi connectivity index (χ1) is 9.58. The Balaban J connectivity index is 2.03. The van der Waals surface area contributed by atoms with Gasteiger partial charge < -0.3 is 9.67 Å². The van der Waals surface area contributed by atoms with E-state index >= 15 is 0 Å². The van der Waals surface area contributed by atoms with Crippen molar-refractivity contribution in [3.05, 3.63) is 59.4 Å². The van der Waals surface area contributed by atoms with Crippen LogP contribution in [-0.4, -0.2) is 21.4 Å². The topological polar surface area (TPSA) is 59.3 Å². The van der Waals surface area contributed by atoms with E-state index in [2.05, 4.69) is 0 Å². The van der Waals surface area contributed by atoms with Crippen molar-refractivity contribution in [1.82, 2.24) is 4.57 Å². The number of nitrogens with zero attached hydrogens (tertiary/aromatic N) is 1. The molecule has 4 nitrogen and oxygen atoms in total. The number of Topliss-reactive ketones (excluding diaryl/α,β-unsaturated/α-hetero) is 1. The van der Waals surface area contributed by atoms with Gasteiger partial charge in [0.25, 0.3) is 0 Å². The van der Waals surface area contributed by atoms with Crippen molar-refractivity contribution in [1.29, 1.82) is 0 Å². The number of hydrogen-bond acceptors (Lipinski definition) is 2. The average molecular weight is 271 g/mol. The van der Waals surface area contributed by atoms with Gasteiger partial charge >= 0.3 is 5.97 Å². The molecule has 1 N–H and O–H groups in total. The zero-order chi connectivity index (χ0) is 14.5. The summed E-state index contributed by atoms with van der Waals surface area (Å²) < 4.78 is 1.67. The van der Waals surface area contributed by atoms with Gasteiger partial charge in [-0.25, -0.2) is 0 Å². The van der Waals surface area contributed by atoms with Crippen LogP contribution in [0.3, 0.4) is 0 Å². The van der Waals surface area contributed by atoms with E-state index in [9.17, 15) is 9.59 Å². The molecular weight excluding hydrogens is 254 g/mol. The normalized spacial score (nSPS) is 10.4. The molecule has 0 spiro atoms. The second kappa shape index (κ2) is 6.19. The molecule has 0 aliphatic carbocycles. The van der Waals surface area contributed by atoms with Crippen LogP contribution >= 0.6 is 0 Å². The third kappa shape index (κ3) is 3.35. The highest BCUT2D eigenvalue weighted by atomic mass is 16.4. The van der Waals surface area contributed by atoms with Crippen molar-refractivity contribution in [3.8, 4) is 0 Å². The van der Waals surface area contributed by atoms with Gasteiger partial charge in [-0.3, -0.25) is 9.59 Å². The van der Waals surface area contributed by atoms with Gasteiger partial charge in [-0.2, -0.15) is 0 Å². The molecule has 0 saturated carbocycles. The Kier molecular flexibility index (Phi) is 4.35. The molecule has 2 rings (SSSR count). The van der Waals surface area contributed by atoms with Crippen molar-refractivity contribution in [3.63, 3.8) is 0 Å². The number of carboxylic acid groups (broad SMARTS) is 1. The SMILES string of the molecule is Cn1c(CC(=O)O)ccc1C(=O)CCc1ccccc1. The molecule has 0 radical (unpaired) electrons. The van der Waals surface area contributed by atoms with Crippen LogP contribution in [-0.2, 0) is 24.7 Å². The van der Waals surface area contributed by atoms with Crippen molar-refractivity contribution >= 4 is 11.8 Å². The number of rotatable bonds is 6. The van der Waals surface area contributed by atoms with Crippen LogP contribution in [0, 0.1) is 0 Å². The zero-order valence-electron chi connectivity index (χ0n) is 11.4. The first kappa shape index (κ1) is 14.1. The minimum Gasteiger partial charge on any atom is -0.481 e. The maximum Gasteiger partial charge on any atom is 0.309 e. The van der Waals surface area contributed by atoms with Crippen LogP contribution in [0.4, 0.5) is 0 Å². The Hall–Kier alpha value is -2.36. The van der Waals surface area contributed by atoms with Gasteiger partial charge in [-0.15, -0.1) is 0 Å². The smallest absolute Gasteiger partial charge is 0.309 e. The van der Waals surface area contributed by atoms with E-state index < -0.39 is 5.97 Å². The Morgan fingerprint density at radius 3 is 2.45 bits per heavy atom. The molecule has 4 heteroatoms. The fourth-order valence-electron chi connectivity index (χ4n) is 2.20. The summed E-state index contributed by atoms with van der Waals surface area (Å²) in [6.45, 7) is 0. The third-order valence-corrected chi connectivity index (χ3v) is 3.33. The number of hydrogen-bond donors (Lipinski definition) is 1. The fourth-order valence-corrected chi connectivity index (χ4v) is 2.20. The highest BCUT2D eigenvalue weighted by Crippen LogP contribution is 2.12. The first-order valence-electron chi connectivity index (χ1n) is 6.51. The Bertz CT molecular complexity index is 614. The molecule has 20 heavy (non-hydrogen) atoms. The lowest BCUT2D eigenvalue weighted by atomic mass is 10.1. The van der Waals surface area contributed by atoms with Gasteiger partial charge in [0.1, 0.15) is 0 Å². The highest BCUT2D eigenvalue weighted by Gasteiger charge is 2.14. The molecule has 1 aromatic carbocycles. The molecule has 0 saturated heterocycles. The number of carbonyl (C=O) groups excluding carboxylic acids is 1. The predicted octanol–water partition coefficient (Wildman–Crippen LogP) is 2.47. The third-order valence-electron chi connectivity index (χ3n) is 3.33. The molecule has 0 aliphatic heterocycles. The van der Waals surface area contributed by atoms with Gasteiger partial charge in [0.15, 0.2) is 5.78 Å². The number of aryl methyl sites for hydroxylation is 1. The van der Waals surface area contributed by atoms with Crippen LogP contribution in [0.1, 0.15) is 28.2 Å². The lowest BCUT2D eigenvalue weighted by Gasteiger charge is -2.06. The van der Waals surface area contributed by atoms with Crippen molar-refractivity contribution in [2.24, 2.45) is 7.05 Å². The molecule has 0 atom stereocenters. The van der Waals surface area contributed by atoms with Crippen molar-refractivity contribution in [2.45, 2.75) is 19.3 Å². The summed E-state index contributed by atoms with van der Waals surface area (Å²) in [7, 11) is 1.73. The summed E-state index contributed by atoms with van der Waals surface area (Å²) >= 11 is 0. The predicted molar refractivity (Wildman–Crippen MR) is 75.8 cm³/mol. The van der Waals surface area contributed by atoms with Crippen LogP contribution in [0.15, 0.2) is 42.5 Å². The van der Waals surface area contributed by atoms with E-state index in [4.69, 9.17) is 5.11 Å². The minimum absolute atomic E-state index is 0.0352. The molecule has 1 aromatic heterocycles. The summed E-state index contributed by atoms with van der Waals surface area (Å²) in [5, 5.41) is 8.79. The van der Waals surface area contributed by atoms with E-state index in [0.29, 0.717) is 24.2 Å². The largest absolute Gasteiger partial charge is 0.481 e. The number of ketones is 1. The lowest BCUT2D eigenvalue weighted by Crippen LogP contribution is -2.11. The van der Waals surface area contributed by atoms with Gasteiger partial charge in [0.2, 0.25) is 0 Å². The van der Waals surface area contributed by atoms with E-state index in [1.165, 1.54) is 0 Å². The van der Waals surface area contributed by atoms with Crippen molar-refractivity contribution < 1.29 is 14.7 Å². The van der Waals surface area contributed by atoms with Crippen LogP contribution in [0.5, 0.6) is 0 Å². The molecule has 2 aromatic rings. The first-order valence-corrected chi connectivity index (χ1v) is 6.51. The summed E-state index contributed by atoms with van der Waals surface area (Å²) in [5.74, 6) is -0.859. The second-order valence-corrected chi connectivity index (χ2v) is 4.75. The summed E-state index contributed by atoms with van der Waals surface area (Å²) in [5.41, 5.74) is 2.33. The van der Waals surface area contributed by atoms with Crippen LogP contribution in [0.2, 0.25) is 0 Å². The second-order valence-electron chi connectivity index (χ2n) is 4.75. The lowest BCUT2D eigenvalue weighted by molar-refractivity contribution is -0.136. The summed E-state index contributed by atoms with van der Waals surface area (Å²) in [6.07, 6.45) is 1.05. The summed E-state index contributed by atoms with van der Waals surface area (Å²) in [4.78, 5) is 22.9. The molecule has 0 aliphatic rings. The average Bonchev–Trinajstić information content (AvgIpc) is 2.78. The number of benzene rings is 1. The van der Waals surface area contributed by atoms with Crippen molar-refractivity contribution in [2.75, 3.05) is 0 Å². The van der Waals surface area contributed by atoms with Gasteiger partial charge in [-0.1, -0.05) is 30.3 Å². The van der Waals surface area contributed by atoms with Gasteiger partial charge in [0.05, 0.1) is 12.1 Å². The Labute approximate surface area is 117 Å².